The van der Waals surface area contributed by atoms with Gasteiger partial charge < -0.3 is 9.42 Å². The molecular weight excluding hydrogens is 343 g/mol. The average Bonchev–Trinajstić information content (AvgIpc) is 2.63. The lowest BCUT2D eigenvalue weighted by atomic mass is 10.0. The molecule has 4 heteroatoms. The van der Waals surface area contributed by atoms with Crippen LogP contribution in [0.2, 0.25) is 0 Å². The Labute approximate surface area is 164 Å². The average molecular weight is 391 g/mol. The van der Waals surface area contributed by atoms with Gasteiger partial charge in [-0.3, -0.25) is 4.57 Å². The summed E-state index contributed by atoms with van der Waals surface area (Å²) in [6, 6.07) is 0. The van der Waals surface area contributed by atoms with Crippen molar-refractivity contribution in [1.82, 2.24) is 0 Å². The van der Waals surface area contributed by atoms with Crippen molar-refractivity contribution in [2.45, 2.75) is 129 Å². The van der Waals surface area contributed by atoms with Crippen LogP contribution in [-0.4, -0.2) is 17.7 Å². The lowest BCUT2D eigenvalue weighted by Gasteiger charge is -2.09. The predicted molar refractivity (Wildman–Crippen MR) is 115 cm³/mol. The van der Waals surface area contributed by atoms with Gasteiger partial charge in [0.25, 0.3) is 0 Å². The van der Waals surface area contributed by atoms with Crippen molar-refractivity contribution < 1.29 is 14.0 Å². The largest absolute Gasteiger partial charge is 0.327 e. The highest BCUT2D eigenvalue weighted by molar-refractivity contribution is 7.52. The van der Waals surface area contributed by atoms with E-state index >= 15 is 0 Å². The van der Waals surface area contributed by atoms with Crippen molar-refractivity contribution in [1.29, 1.82) is 0 Å². The normalized spacial score (nSPS) is 13.8. The summed E-state index contributed by atoms with van der Waals surface area (Å²) in [5.74, 6) is 0. The van der Waals surface area contributed by atoms with Crippen LogP contribution in [0, 0.1) is 0 Å². The highest BCUT2D eigenvalue weighted by Gasteiger charge is 2.14. The van der Waals surface area contributed by atoms with Gasteiger partial charge in [0.05, 0.1) is 6.61 Å². The summed E-state index contributed by atoms with van der Waals surface area (Å²) in [7, 11) is -3.27. The Morgan fingerprint density at radius 1 is 0.577 bits per heavy atom. The molecule has 0 aliphatic rings. The maximum absolute atomic E-state index is 11.3. The van der Waals surface area contributed by atoms with Crippen LogP contribution in [0.25, 0.3) is 0 Å². The van der Waals surface area contributed by atoms with Crippen LogP contribution < -0.4 is 0 Å². The molecule has 1 N–H and O–H groups in total. The molecule has 0 saturated carbocycles. The Balaban J connectivity index is 3.06. The Morgan fingerprint density at radius 2 is 0.885 bits per heavy atom. The highest BCUT2D eigenvalue weighted by atomic mass is 31.2. The van der Waals surface area contributed by atoms with Crippen LogP contribution in [0.5, 0.6) is 0 Å². The smallest absolute Gasteiger partial charge is 0.324 e. The molecule has 0 saturated heterocycles. The molecule has 0 spiro atoms. The van der Waals surface area contributed by atoms with E-state index in [4.69, 9.17) is 4.52 Å². The van der Waals surface area contributed by atoms with Gasteiger partial charge in [-0.15, -0.1) is 0 Å². The van der Waals surface area contributed by atoms with Crippen molar-refractivity contribution in [2.24, 2.45) is 0 Å². The van der Waals surface area contributed by atoms with Gasteiger partial charge in [-0.2, -0.15) is 0 Å². The summed E-state index contributed by atoms with van der Waals surface area (Å²) in [5, 5.41) is 0. The second-order valence-electron chi connectivity index (χ2n) is 7.80. The summed E-state index contributed by atoms with van der Waals surface area (Å²) in [6.07, 6.45) is 24.6. The van der Waals surface area contributed by atoms with Crippen molar-refractivity contribution in [2.75, 3.05) is 12.8 Å². The predicted octanol–water partition coefficient (Wildman–Crippen LogP) is 8.25. The third kappa shape index (κ3) is 20.5. The lowest BCUT2D eigenvalue weighted by Crippen LogP contribution is -1.94. The second-order valence-corrected chi connectivity index (χ2v) is 9.96. The quantitative estimate of drug-likeness (QED) is 0.158. The van der Waals surface area contributed by atoms with Gasteiger partial charge in [0, 0.05) is 6.16 Å². The summed E-state index contributed by atoms with van der Waals surface area (Å²) in [5.41, 5.74) is 0. The Bertz CT molecular complexity index is 321. The summed E-state index contributed by atoms with van der Waals surface area (Å²) in [4.78, 5) is 9.30. The maximum atomic E-state index is 11.3. The van der Waals surface area contributed by atoms with Crippen molar-refractivity contribution in [3.63, 3.8) is 0 Å². The van der Waals surface area contributed by atoms with Gasteiger partial charge >= 0.3 is 7.60 Å². The third-order valence-corrected chi connectivity index (χ3v) is 6.58. The summed E-state index contributed by atoms with van der Waals surface area (Å²) in [6.45, 7) is 4.40. The first kappa shape index (κ1) is 26.1. The van der Waals surface area contributed by atoms with Gasteiger partial charge in [0.1, 0.15) is 0 Å². The highest BCUT2D eigenvalue weighted by Crippen LogP contribution is 2.41. The molecule has 0 heterocycles. The Kier molecular flexibility index (Phi) is 20.0. The first-order valence-corrected chi connectivity index (χ1v) is 13.3. The minimum absolute atomic E-state index is 0.214. The van der Waals surface area contributed by atoms with Crippen LogP contribution >= 0.6 is 7.60 Å². The zero-order chi connectivity index (χ0) is 19.3. The number of hydrogen-bond donors (Lipinski definition) is 1. The zero-order valence-corrected chi connectivity index (χ0v) is 18.7. The minimum Gasteiger partial charge on any atom is -0.324 e. The molecule has 26 heavy (non-hydrogen) atoms. The molecular formula is C22H47O3P. The molecule has 0 bridgehead atoms. The molecule has 3 nitrogen and oxygen atoms in total. The molecule has 0 aliphatic heterocycles. The monoisotopic (exact) mass is 390 g/mol. The van der Waals surface area contributed by atoms with Crippen LogP contribution in [-0.2, 0) is 9.09 Å². The molecule has 1 unspecified atom stereocenters. The number of unbranched alkanes of at least 4 members (excludes halogenated alkanes) is 17. The lowest BCUT2D eigenvalue weighted by molar-refractivity contribution is 0.253. The van der Waals surface area contributed by atoms with Gasteiger partial charge in [0.15, 0.2) is 0 Å². The molecule has 0 aromatic rings. The van der Waals surface area contributed by atoms with E-state index in [2.05, 4.69) is 6.92 Å². The molecule has 1 atom stereocenters. The fraction of sp³-hybridized carbons (Fsp3) is 1.00. The SMILES string of the molecule is CCCCCCCCCCCCCCCCCCCCOP(=O)(O)CC. The Morgan fingerprint density at radius 3 is 1.19 bits per heavy atom. The fourth-order valence-corrected chi connectivity index (χ4v) is 3.90. The van der Waals surface area contributed by atoms with E-state index in [0.29, 0.717) is 6.61 Å². The summed E-state index contributed by atoms with van der Waals surface area (Å²) < 4.78 is 16.3. The van der Waals surface area contributed by atoms with Crippen LogP contribution in [0.3, 0.4) is 0 Å². The van der Waals surface area contributed by atoms with Gasteiger partial charge in [-0.25, -0.2) is 0 Å². The van der Waals surface area contributed by atoms with Gasteiger partial charge in [-0.1, -0.05) is 123 Å². The van der Waals surface area contributed by atoms with Gasteiger partial charge in [0.2, 0.25) is 0 Å². The van der Waals surface area contributed by atoms with Crippen molar-refractivity contribution in [3.8, 4) is 0 Å². The maximum Gasteiger partial charge on any atom is 0.327 e. The molecule has 0 amide bonds. The Hall–Kier alpha value is 0.150. The molecule has 0 aromatic carbocycles. The van der Waals surface area contributed by atoms with E-state index < -0.39 is 7.60 Å². The van der Waals surface area contributed by atoms with E-state index in [9.17, 15) is 9.46 Å². The molecule has 0 radical (unpaired) electrons. The van der Waals surface area contributed by atoms with E-state index in [1.165, 1.54) is 103 Å². The van der Waals surface area contributed by atoms with Crippen molar-refractivity contribution >= 4 is 7.60 Å². The van der Waals surface area contributed by atoms with E-state index in [-0.39, 0.29) is 6.16 Å². The molecule has 0 rings (SSSR count). The molecule has 0 aliphatic carbocycles. The molecule has 158 valence electrons. The minimum atomic E-state index is -3.27. The van der Waals surface area contributed by atoms with Crippen molar-refractivity contribution in [3.05, 3.63) is 0 Å². The van der Waals surface area contributed by atoms with Crippen LogP contribution in [0.1, 0.15) is 129 Å². The third-order valence-electron chi connectivity index (χ3n) is 5.19. The van der Waals surface area contributed by atoms with Crippen LogP contribution in [0.4, 0.5) is 0 Å². The standard InChI is InChI=1S/C22H47O3P/c1-3-5-6-7-8-9-10-11-12-13-14-15-16-17-18-19-20-21-22-25-26(23,24)4-2/h3-22H2,1-2H3,(H,23,24). The van der Waals surface area contributed by atoms with E-state index in [1.807, 2.05) is 0 Å². The number of rotatable bonds is 21. The van der Waals surface area contributed by atoms with E-state index in [1.54, 1.807) is 6.92 Å². The topological polar surface area (TPSA) is 46.5 Å². The van der Waals surface area contributed by atoms with E-state index in [0.717, 1.165) is 12.8 Å². The first-order chi connectivity index (χ1) is 12.6. The first-order valence-electron chi connectivity index (χ1n) is 11.6. The summed E-state index contributed by atoms with van der Waals surface area (Å²) >= 11 is 0. The van der Waals surface area contributed by atoms with Gasteiger partial charge in [-0.05, 0) is 6.42 Å². The molecule has 0 fully saturated rings. The zero-order valence-electron chi connectivity index (χ0n) is 17.9. The fourth-order valence-electron chi connectivity index (χ4n) is 3.30. The van der Waals surface area contributed by atoms with Crippen LogP contribution in [0.15, 0.2) is 0 Å². The second kappa shape index (κ2) is 19.9. The molecule has 0 aromatic heterocycles. The number of hydrogen-bond acceptors (Lipinski definition) is 2.